The summed E-state index contributed by atoms with van der Waals surface area (Å²) in [6.07, 6.45) is 0. The zero-order chi connectivity index (χ0) is 13.8. The number of benzene rings is 1. The van der Waals surface area contributed by atoms with E-state index in [1.165, 1.54) is 12.1 Å². The molecule has 0 aliphatic heterocycles. The molecule has 100 valence electrons. The van der Waals surface area contributed by atoms with Crippen molar-refractivity contribution in [1.82, 2.24) is 5.32 Å². The van der Waals surface area contributed by atoms with Gasteiger partial charge in [0.05, 0.1) is 0 Å². The number of nitrogens with one attached hydrogen (secondary N) is 1. The number of aromatic hydroxyl groups is 2. The van der Waals surface area contributed by atoms with E-state index in [-0.39, 0.29) is 11.5 Å². The van der Waals surface area contributed by atoms with Crippen LogP contribution in [-0.2, 0) is 11.3 Å². The Kier molecular flexibility index (Phi) is 4.03. The number of hydrogen-bond donors (Lipinski definition) is 4. The second kappa shape index (κ2) is 5.73. The molecule has 1 amide bonds. The molecule has 0 bridgehead atoms. The van der Waals surface area contributed by atoms with Gasteiger partial charge in [-0.2, -0.15) is 0 Å². The predicted octanol–water partition coefficient (Wildman–Crippen LogP) is 1.48. The monoisotopic (exact) mass is 278 g/mol. The van der Waals surface area contributed by atoms with Crippen molar-refractivity contribution in [1.29, 1.82) is 0 Å². The molecule has 5 nitrogen and oxygen atoms in total. The summed E-state index contributed by atoms with van der Waals surface area (Å²) in [5.41, 5.74) is 5.87. The molecule has 2 rings (SSSR count). The first kappa shape index (κ1) is 13.4. The lowest BCUT2D eigenvalue weighted by atomic mass is 10.1. The molecule has 19 heavy (non-hydrogen) atoms. The third-order valence-electron chi connectivity index (χ3n) is 2.68. The Morgan fingerprint density at radius 2 is 2.11 bits per heavy atom. The molecular weight excluding hydrogens is 264 g/mol. The number of amides is 1. The standard InChI is InChI=1S/C13H14N2O3S/c14-13(18)12(15-7-9-2-1-5-19-9)8-3-4-10(16)11(17)6-8/h1-6,12,15-17H,7H2,(H2,14,18). The number of hydrogen-bond acceptors (Lipinski definition) is 5. The number of nitrogens with two attached hydrogens (primary N) is 1. The van der Waals surface area contributed by atoms with Gasteiger partial charge in [0.25, 0.3) is 0 Å². The molecule has 0 saturated heterocycles. The molecule has 1 aromatic carbocycles. The molecular formula is C13H14N2O3S. The van der Waals surface area contributed by atoms with Gasteiger partial charge in [-0.1, -0.05) is 12.1 Å². The molecule has 2 aromatic rings. The molecule has 1 heterocycles. The fraction of sp³-hybridized carbons (Fsp3) is 0.154. The van der Waals surface area contributed by atoms with Crippen molar-refractivity contribution in [2.75, 3.05) is 0 Å². The van der Waals surface area contributed by atoms with Crippen LogP contribution in [0.15, 0.2) is 35.7 Å². The minimum absolute atomic E-state index is 0.231. The molecule has 6 heteroatoms. The van der Waals surface area contributed by atoms with Crippen molar-refractivity contribution in [3.63, 3.8) is 0 Å². The topological polar surface area (TPSA) is 95.6 Å². The first-order chi connectivity index (χ1) is 9.08. The van der Waals surface area contributed by atoms with Crippen LogP contribution < -0.4 is 11.1 Å². The van der Waals surface area contributed by atoms with Crippen LogP contribution >= 0.6 is 11.3 Å². The molecule has 0 aliphatic rings. The van der Waals surface area contributed by atoms with E-state index in [1.807, 2.05) is 17.5 Å². The Morgan fingerprint density at radius 3 is 2.68 bits per heavy atom. The quantitative estimate of drug-likeness (QED) is 0.623. The van der Waals surface area contributed by atoms with Crippen LogP contribution in [0.1, 0.15) is 16.5 Å². The average molecular weight is 278 g/mol. The number of primary amides is 1. The Bertz CT molecular complexity index is 569. The number of thiophene rings is 1. The Labute approximate surface area is 114 Å². The fourth-order valence-electron chi connectivity index (χ4n) is 1.72. The van der Waals surface area contributed by atoms with E-state index >= 15 is 0 Å². The highest BCUT2D eigenvalue weighted by atomic mass is 32.1. The molecule has 0 aliphatic carbocycles. The first-order valence-electron chi connectivity index (χ1n) is 5.65. The van der Waals surface area contributed by atoms with Gasteiger partial charge in [-0.15, -0.1) is 11.3 Å². The van der Waals surface area contributed by atoms with Gasteiger partial charge in [-0.25, -0.2) is 0 Å². The lowest BCUT2D eigenvalue weighted by molar-refractivity contribution is -0.120. The lowest BCUT2D eigenvalue weighted by Crippen LogP contribution is -2.33. The van der Waals surface area contributed by atoms with Gasteiger partial charge in [0.1, 0.15) is 6.04 Å². The van der Waals surface area contributed by atoms with E-state index in [4.69, 9.17) is 5.73 Å². The highest BCUT2D eigenvalue weighted by Crippen LogP contribution is 2.28. The van der Waals surface area contributed by atoms with E-state index in [1.54, 1.807) is 17.4 Å². The second-order valence-electron chi connectivity index (χ2n) is 4.04. The van der Waals surface area contributed by atoms with Crippen LogP contribution in [-0.4, -0.2) is 16.1 Å². The molecule has 0 fully saturated rings. The summed E-state index contributed by atoms with van der Waals surface area (Å²) in [6, 6.07) is 7.36. The largest absolute Gasteiger partial charge is 0.504 e. The maximum Gasteiger partial charge on any atom is 0.239 e. The van der Waals surface area contributed by atoms with Gasteiger partial charge in [-0.05, 0) is 29.1 Å². The van der Waals surface area contributed by atoms with Crippen molar-refractivity contribution in [3.05, 3.63) is 46.2 Å². The molecule has 1 aromatic heterocycles. The Morgan fingerprint density at radius 1 is 1.32 bits per heavy atom. The van der Waals surface area contributed by atoms with Crippen LogP contribution in [0.4, 0.5) is 0 Å². The number of rotatable bonds is 5. The number of phenols is 2. The molecule has 0 radical (unpaired) electrons. The predicted molar refractivity (Wildman–Crippen MR) is 72.9 cm³/mol. The van der Waals surface area contributed by atoms with E-state index in [0.29, 0.717) is 12.1 Å². The average Bonchev–Trinajstić information content (AvgIpc) is 2.86. The van der Waals surface area contributed by atoms with Crippen LogP contribution in [0.5, 0.6) is 11.5 Å². The van der Waals surface area contributed by atoms with Gasteiger partial charge in [-0.3, -0.25) is 10.1 Å². The number of carbonyl (C=O) groups is 1. The molecule has 0 spiro atoms. The van der Waals surface area contributed by atoms with Crippen LogP contribution in [0.2, 0.25) is 0 Å². The second-order valence-corrected chi connectivity index (χ2v) is 5.08. The minimum Gasteiger partial charge on any atom is -0.504 e. The molecule has 1 atom stereocenters. The van der Waals surface area contributed by atoms with Crippen molar-refractivity contribution in [2.45, 2.75) is 12.6 Å². The normalized spacial score (nSPS) is 12.2. The Hall–Kier alpha value is -2.05. The Balaban J connectivity index is 2.15. The van der Waals surface area contributed by atoms with Gasteiger partial charge >= 0.3 is 0 Å². The molecule has 1 unspecified atom stereocenters. The number of phenolic OH excluding ortho intramolecular Hbond substituents is 2. The maximum absolute atomic E-state index is 11.5. The molecule has 5 N–H and O–H groups in total. The van der Waals surface area contributed by atoms with Crippen molar-refractivity contribution in [3.8, 4) is 11.5 Å². The van der Waals surface area contributed by atoms with E-state index in [0.717, 1.165) is 4.88 Å². The summed E-state index contributed by atoms with van der Waals surface area (Å²) in [4.78, 5) is 12.6. The van der Waals surface area contributed by atoms with Crippen molar-refractivity contribution >= 4 is 17.2 Å². The highest BCUT2D eigenvalue weighted by molar-refractivity contribution is 7.09. The lowest BCUT2D eigenvalue weighted by Gasteiger charge is -2.15. The summed E-state index contributed by atoms with van der Waals surface area (Å²) < 4.78 is 0. The van der Waals surface area contributed by atoms with E-state index < -0.39 is 11.9 Å². The molecule has 0 saturated carbocycles. The fourth-order valence-corrected chi connectivity index (χ4v) is 2.37. The van der Waals surface area contributed by atoms with Crippen LogP contribution in [0, 0.1) is 0 Å². The van der Waals surface area contributed by atoms with Crippen molar-refractivity contribution in [2.24, 2.45) is 5.73 Å². The minimum atomic E-state index is -0.714. The van der Waals surface area contributed by atoms with E-state index in [2.05, 4.69) is 5.32 Å². The summed E-state index contributed by atoms with van der Waals surface area (Å²) >= 11 is 1.57. The van der Waals surface area contributed by atoms with E-state index in [9.17, 15) is 15.0 Å². The first-order valence-corrected chi connectivity index (χ1v) is 6.53. The summed E-state index contributed by atoms with van der Waals surface area (Å²) in [6.45, 7) is 0.507. The SMILES string of the molecule is NC(=O)C(NCc1cccs1)c1ccc(O)c(O)c1. The third kappa shape index (κ3) is 3.24. The zero-order valence-corrected chi connectivity index (χ0v) is 10.9. The van der Waals surface area contributed by atoms with Crippen LogP contribution in [0.25, 0.3) is 0 Å². The summed E-state index contributed by atoms with van der Waals surface area (Å²) in [7, 11) is 0. The van der Waals surface area contributed by atoms with Gasteiger partial charge in [0, 0.05) is 11.4 Å². The summed E-state index contributed by atoms with van der Waals surface area (Å²) in [5.74, 6) is -1.05. The van der Waals surface area contributed by atoms with Gasteiger partial charge in [0.15, 0.2) is 11.5 Å². The third-order valence-corrected chi connectivity index (χ3v) is 3.55. The smallest absolute Gasteiger partial charge is 0.239 e. The summed E-state index contributed by atoms with van der Waals surface area (Å²) in [5, 5.41) is 23.7. The maximum atomic E-state index is 11.5. The van der Waals surface area contributed by atoms with Gasteiger partial charge < -0.3 is 15.9 Å². The van der Waals surface area contributed by atoms with Crippen LogP contribution in [0.3, 0.4) is 0 Å². The zero-order valence-electron chi connectivity index (χ0n) is 10.0. The highest BCUT2D eigenvalue weighted by Gasteiger charge is 2.18. The number of carbonyl (C=O) groups excluding carboxylic acids is 1. The van der Waals surface area contributed by atoms with Crippen molar-refractivity contribution < 1.29 is 15.0 Å². The van der Waals surface area contributed by atoms with Gasteiger partial charge in [0.2, 0.25) is 5.91 Å².